The van der Waals surface area contributed by atoms with Gasteiger partial charge in [0.25, 0.3) is 0 Å². The van der Waals surface area contributed by atoms with Crippen molar-refractivity contribution in [3.8, 4) is 11.5 Å². The van der Waals surface area contributed by atoms with Crippen LogP contribution in [0.4, 0.5) is 0 Å². The number of sulfone groups is 1. The number of carboxylic acids is 1. The number of likely N-dealkylation sites (tertiary alicyclic amines) is 1. The van der Waals surface area contributed by atoms with Gasteiger partial charge in [-0.25, -0.2) is 8.42 Å². The lowest BCUT2D eigenvalue weighted by atomic mass is 9.98. The normalized spacial score (nSPS) is 20.0. The van der Waals surface area contributed by atoms with Crippen LogP contribution in [-0.4, -0.2) is 62.4 Å². The summed E-state index contributed by atoms with van der Waals surface area (Å²) in [6.45, 7) is 1.57. The van der Waals surface area contributed by atoms with Gasteiger partial charge in [-0.05, 0) is 25.0 Å². The van der Waals surface area contributed by atoms with Gasteiger partial charge < -0.3 is 19.5 Å². The Bertz CT molecular complexity index is 821. The van der Waals surface area contributed by atoms with E-state index in [2.05, 4.69) is 0 Å². The highest BCUT2D eigenvalue weighted by atomic mass is 32.2. The first-order chi connectivity index (χ1) is 12.9. The lowest BCUT2D eigenvalue weighted by Gasteiger charge is -2.30. The molecule has 1 aromatic rings. The molecule has 1 fully saturated rings. The van der Waals surface area contributed by atoms with E-state index in [1.54, 1.807) is 6.07 Å². The van der Waals surface area contributed by atoms with Crippen LogP contribution in [0.5, 0.6) is 11.5 Å². The number of nitrogens with zero attached hydrogens (tertiary/aromatic N) is 1. The Morgan fingerprint density at radius 1 is 1.15 bits per heavy atom. The summed E-state index contributed by atoms with van der Waals surface area (Å²) in [6.07, 6.45) is 1.69. The molecule has 0 aromatic heterocycles. The Labute approximate surface area is 158 Å². The minimum absolute atomic E-state index is 0.0848. The number of amides is 1. The van der Waals surface area contributed by atoms with Crippen LogP contribution in [0, 0.1) is 5.92 Å². The molecule has 0 aliphatic carbocycles. The van der Waals surface area contributed by atoms with Gasteiger partial charge in [0.15, 0.2) is 21.3 Å². The van der Waals surface area contributed by atoms with Crippen LogP contribution in [0.25, 0.3) is 0 Å². The molecule has 1 amide bonds. The Kier molecular flexibility index (Phi) is 5.88. The van der Waals surface area contributed by atoms with Crippen molar-refractivity contribution >= 4 is 21.7 Å². The van der Waals surface area contributed by atoms with Gasteiger partial charge in [-0.15, -0.1) is 0 Å². The maximum atomic E-state index is 12.6. The number of aliphatic carboxylic acids is 1. The largest absolute Gasteiger partial charge is 0.490 e. The average molecular weight is 397 g/mol. The number of rotatable bonds is 5. The molecule has 0 saturated carbocycles. The second kappa shape index (κ2) is 8.16. The van der Waals surface area contributed by atoms with Gasteiger partial charge in [0.1, 0.15) is 0 Å². The van der Waals surface area contributed by atoms with Gasteiger partial charge in [0.05, 0.1) is 29.8 Å². The Morgan fingerprint density at radius 3 is 2.63 bits per heavy atom. The van der Waals surface area contributed by atoms with E-state index >= 15 is 0 Å². The molecule has 148 valence electrons. The summed E-state index contributed by atoms with van der Waals surface area (Å²) in [7, 11) is -3.67. The van der Waals surface area contributed by atoms with E-state index in [9.17, 15) is 18.0 Å². The second-order valence-corrected chi connectivity index (χ2v) is 8.85. The number of carboxylic acid groups (broad SMARTS) is 1. The fraction of sp³-hybridized carbons (Fsp3) is 0.556. The zero-order valence-electron chi connectivity index (χ0n) is 14.9. The van der Waals surface area contributed by atoms with Crippen molar-refractivity contribution in [1.29, 1.82) is 0 Å². The van der Waals surface area contributed by atoms with Crippen molar-refractivity contribution in [2.75, 3.05) is 32.1 Å². The summed E-state index contributed by atoms with van der Waals surface area (Å²) in [6, 6.07) is 4.45. The van der Waals surface area contributed by atoms with Crippen molar-refractivity contribution < 1.29 is 32.6 Å². The fourth-order valence-corrected chi connectivity index (χ4v) is 4.48. The smallest absolute Gasteiger partial charge is 0.308 e. The molecule has 0 spiro atoms. The Morgan fingerprint density at radius 2 is 1.89 bits per heavy atom. The Balaban J connectivity index is 1.64. The Hall–Kier alpha value is -2.29. The number of fused-ring (bicyclic) bond motifs is 1. The van der Waals surface area contributed by atoms with Crippen LogP contribution in [0.15, 0.2) is 23.1 Å². The first kappa shape index (κ1) is 19.5. The third-order valence-corrected chi connectivity index (χ3v) is 6.50. The standard InChI is InChI=1S/C18H23NO7S/c20-17(19-7-1-3-13(12-19)18(21)22)6-10-27(23,24)14-4-5-15-16(11-14)26-9-2-8-25-15/h4-5,11,13H,1-3,6-10,12H2,(H,21,22). The molecule has 8 nitrogen and oxygen atoms in total. The first-order valence-electron chi connectivity index (χ1n) is 9.00. The van der Waals surface area contributed by atoms with Gasteiger partial charge in [0.2, 0.25) is 5.91 Å². The van der Waals surface area contributed by atoms with Gasteiger partial charge in [-0.1, -0.05) is 0 Å². The predicted molar refractivity (Wildman–Crippen MR) is 95.7 cm³/mol. The molecule has 2 heterocycles. The summed E-state index contributed by atoms with van der Waals surface area (Å²) in [5.41, 5.74) is 0. The third kappa shape index (κ3) is 4.71. The summed E-state index contributed by atoms with van der Waals surface area (Å²) in [5, 5.41) is 9.11. The topological polar surface area (TPSA) is 110 Å². The van der Waals surface area contributed by atoms with E-state index in [-0.39, 0.29) is 29.5 Å². The van der Waals surface area contributed by atoms with Crippen LogP contribution in [0.3, 0.4) is 0 Å². The zero-order chi connectivity index (χ0) is 19.4. The van der Waals surface area contributed by atoms with Crippen molar-refractivity contribution in [3.05, 3.63) is 18.2 Å². The van der Waals surface area contributed by atoms with Crippen LogP contribution in [-0.2, 0) is 19.4 Å². The molecule has 0 radical (unpaired) electrons. The number of hydrogen-bond acceptors (Lipinski definition) is 6. The number of carbonyl (C=O) groups excluding carboxylic acids is 1. The monoisotopic (exact) mass is 397 g/mol. The predicted octanol–water partition coefficient (Wildman–Crippen LogP) is 1.33. The van der Waals surface area contributed by atoms with E-state index in [0.717, 1.165) is 6.42 Å². The van der Waals surface area contributed by atoms with Crippen molar-refractivity contribution in [2.24, 2.45) is 5.92 Å². The summed E-state index contributed by atoms with van der Waals surface area (Å²) < 4.78 is 36.2. The zero-order valence-corrected chi connectivity index (χ0v) is 15.7. The molecular formula is C18H23NO7S. The van der Waals surface area contributed by atoms with Crippen molar-refractivity contribution in [2.45, 2.75) is 30.6 Å². The lowest BCUT2D eigenvalue weighted by molar-refractivity contribution is -0.145. The van der Waals surface area contributed by atoms with Gasteiger partial charge in [-0.3, -0.25) is 9.59 Å². The van der Waals surface area contributed by atoms with Crippen LogP contribution in [0.1, 0.15) is 25.7 Å². The summed E-state index contributed by atoms with van der Waals surface area (Å²) in [5.74, 6) is -1.28. The van der Waals surface area contributed by atoms with Crippen LogP contribution < -0.4 is 9.47 Å². The molecule has 1 aromatic carbocycles. The minimum atomic E-state index is -3.67. The average Bonchev–Trinajstić information content (AvgIpc) is 2.91. The highest BCUT2D eigenvalue weighted by molar-refractivity contribution is 7.91. The van der Waals surface area contributed by atoms with Crippen LogP contribution >= 0.6 is 0 Å². The number of hydrogen-bond donors (Lipinski definition) is 1. The highest BCUT2D eigenvalue weighted by Gasteiger charge is 2.29. The maximum absolute atomic E-state index is 12.6. The van der Waals surface area contributed by atoms with E-state index in [1.165, 1.54) is 17.0 Å². The lowest BCUT2D eigenvalue weighted by Crippen LogP contribution is -2.42. The molecule has 2 aliphatic heterocycles. The molecule has 1 N–H and O–H groups in total. The molecule has 2 aliphatic rings. The molecule has 0 bridgehead atoms. The van der Waals surface area contributed by atoms with Crippen molar-refractivity contribution in [3.63, 3.8) is 0 Å². The molecule has 3 rings (SSSR count). The molecule has 1 unspecified atom stereocenters. The van der Waals surface area contributed by atoms with E-state index in [4.69, 9.17) is 14.6 Å². The number of benzene rings is 1. The number of carbonyl (C=O) groups is 2. The van der Waals surface area contributed by atoms with Gasteiger partial charge >= 0.3 is 5.97 Å². The summed E-state index contributed by atoms with van der Waals surface area (Å²) in [4.78, 5) is 25.0. The molecular weight excluding hydrogens is 374 g/mol. The molecule has 27 heavy (non-hydrogen) atoms. The fourth-order valence-electron chi connectivity index (χ4n) is 3.24. The summed E-state index contributed by atoms with van der Waals surface area (Å²) >= 11 is 0. The minimum Gasteiger partial charge on any atom is -0.490 e. The van der Waals surface area contributed by atoms with Gasteiger partial charge in [0, 0.05) is 32.0 Å². The molecule has 1 atom stereocenters. The second-order valence-electron chi connectivity index (χ2n) is 6.75. The highest BCUT2D eigenvalue weighted by Crippen LogP contribution is 2.32. The maximum Gasteiger partial charge on any atom is 0.308 e. The van der Waals surface area contributed by atoms with Crippen molar-refractivity contribution in [1.82, 2.24) is 4.90 Å². The van der Waals surface area contributed by atoms with E-state index in [1.807, 2.05) is 0 Å². The van der Waals surface area contributed by atoms with Crippen LogP contribution in [0.2, 0.25) is 0 Å². The quantitative estimate of drug-likeness (QED) is 0.798. The third-order valence-electron chi connectivity index (χ3n) is 4.79. The molecule has 1 saturated heterocycles. The van der Waals surface area contributed by atoms with E-state index < -0.39 is 21.7 Å². The number of ether oxygens (including phenoxy) is 2. The SMILES string of the molecule is O=C(O)C1CCCN(C(=O)CCS(=O)(=O)c2ccc3c(c2)OCCCO3)C1. The van der Waals surface area contributed by atoms with Gasteiger partial charge in [-0.2, -0.15) is 0 Å². The number of piperidine rings is 1. The van der Waals surface area contributed by atoms with E-state index in [0.29, 0.717) is 44.1 Å². The first-order valence-corrected chi connectivity index (χ1v) is 10.6. The molecule has 9 heteroatoms.